The van der Waals surface area contributed by atoms with Crippen LogP contribution in [0.15, 0.2) is 22.7 Å². The summed E-state index contributed by atoms with van der Waals surface area (Å²) in [6.07, 6.45) is 0. The molecule has 0 bridgehead atoms. The van der Waals surface area contributed by atoms with Gasteiger partial charge in [-0.3, -0.25) is 0 Å². The monoisotopic (exact) mass is 306 g/mol. The van der Waals surface area contributed by atoms with E-state index in [1.165, 1.54) is 6.07 Å². The van der Waals surface area contributed by atoms with Crippen LogP contribution in [0.25, 0.3) is 0 Å². The molecule has 0 unspecified atom stereocenters. The third kappa shape index (κ3) is 6.33. The van der Waals surface area contributed by atoms with E-state index in [1.807, 2.05) is 6.92 Å². The molecule has 0 aromatic heterocycles. The van der Waals surface area contributed by atoms with Gasteiger partial charge in [-0.05, 0) is 40.5 Å². The minimum Gasteiger partial charge on any atom is -0.521 e. The van der Waals surface area contributed by atoms with Crippen molar-refractivity contribution in [2.24, 2.45) is 0 Å². The smallest absolute Gasteiger partial charge is 0.521 e. The second kappa shape index (κ2) is 6.66. The molecule has 78 valence electrons. The first-order valence-corrected chi connectivity index (χ1v) is 4.78. The number of rotatable bonds is 3. The van der Waals surface area contributed by atoms with Crippen LogP contribution >= 0.6 is 15.9 Å². The van der Waals surface area contributed by atoms with Crippen molar-refractivity contribution in [2.45, 2.75) is 6.92 Å². The zero-order chi connectivity index (χ0) is 10.8. The van der Waals surface area contributed by atoms with Crippen molar-refractivity contribution in [3.05, 3.63) is 28.2 Å². The van der Waals surface area contributed by atoms with E-state index in [4.69, 9.17) is 0 Å². The summed E-state index contributed by atoms with van der Waals surface area (Å²) in [6, 6.07) is 4.92. The molecule has 0 saturated carbocycles. The number of hydrogen-bond donors (Lipinski definition) is 0. The zero-order valence-electron chi connectivity index (χ0n) is 8.44. The van der Waals surface area contributed by atoms with Crippen LogP contribution in [0.5, 0.6) is 5.75 Å². The Kier molecular flexibility index (Phi) is 7.10. The van der Waals surface area contributed by atoms with E-state index >= 15 is 0 Å². The van der Waals surface area contributed by atoms with Crippen molar-refractivity contribution >= 4 is 22.9 Å². The van der Waals surface area contributed by atoms with E-state index in [-0.39, 0.29) is 57.1 Å². The molecule has 7 heteroatoms. The molecular weight excluding hydrogens is 299 g/mol. The summed E-state index contributed by atoms with van der Waals surface area (Å²) in [6.45, 7) is -4.25. The van der Waals surface area contributed by atoms with E-state index in [0.29, 0.717) is 4.47 Å². The van der Waals surface area contributed by atoms with Crippen LogP contribution in [-0.2, 0) is 0 Å². The summed E-state index contributed by atoms with van der Waals surface area (Å²) in [7, 11) is 0. The van der Waals surface area contributed by atoms with Crippen LogP contribution in [0, 0.1) is 6.92 Å². The molecule has 0 saturated heterocycles. The summed E-state index contributed by atoms with van der Waals surface area (Å²) >= 11 is 3.13. The van der Waals surface area contributed by atoms with Crippen molar-refractivity contribution in [2.75, 3.05) is 6.51 Å². The fraction of sp³-hybridized carbons (Fsp3) is 0.250. The molecule has 0 radical (unpaired) electrons. The summed E-state index contributed by atoms with van der Waals surface area (Å²) in [5, 5.41) is 0. The summed E-state index contributed by atoms with van der Waals surface area (Å²) in [5.41, 5.74) is 0.960. The maximum atomic E-state index is 11.9. The summed E-state index contributed by atoms with van der Waals surface area (Å²) < 4.78 is 40.8. The zero-order valence-corrected chi connectivity index (χ0v) is 13.1. The molecule has 0 heterocycles. The topological polar surface area (TPSA) is 9.23 Å². The number of hydrogen-bond acceptors (Lipinski definition) is 1. The first-order valence-electron chi connectivity index (χ1n) is 3.98. The Hall–Kier alpha value is 0.991. The molecular formula is C8H8BBrF3KO. The molecule has 1 nitrogen and oxygen atoms in total. The van der Waals surface area contributed by atoms with Gasteiger partial charge in [-0.1, -0.05) is 6.07 Å². The number of aryl methyl sites for hydroxylation is 1. The molecule has 0 aliphatic carbocycles. The Morgan fingerprint density at radius 3 is 2.40 bits per heavy atom. The average molecular weight is 307 g/mol. The Morgan fingerprint density at radius 1 is 1.33 bits per heavy atom. The summed E-state index contributed by atoms with van der Waals surface area (Å²) in [4.78, 5) is 0. The van der Waals surface area contributed by atoms with Crippen molar-refractivity contribution < 1.29 is 69.1 Å². The molecule has 0 spiro atoms. The van der Waals surface area contributed by atoms with Gasteiger partial charge in [-0.15, -0.1) is 0 Å². The standard InChI is InChI=1S/C8H8BBrF3O.K/c1-6-2-3-8(7(10)4-6)14-5-9(11,12)13;/h2-4H,5H2,1H3;/q-1;+1. The number of ether oxygens (including phenoxy) is 1. The molecule has 0 atom stereocenters. The molecule has 1 rings (SSSR count). The van der Waals surface area contributed by atoms with E-state index in [2.05, 4.69) is 20.7 Å². The van der Waals surface area contributed by atoms with Crippen LogP contribution in [-0.4, -0.2) is 13.5 Å². The quantitative estimate of drug-likeness (QED) is 0.740. The number of benzene rings is 1. The second-order valence-electron chi connectivity index (χ2n) is 2.96. The second-order valence-corrected chi connectivity index (χ2v) is 3.81. The largest absolute Gasteiger partial charge is 1.00 e. The molecule has 0 aliphatic heterocycles. The van der Waals surface area contributed by atoms with Gasteiger partial charge in [0.15, 0.2) is 0 Å². The van der Waals surface area contributed by atoms with Gasteiger partial charge in [0.05, 0.1) is 11.0 Å². The van der Waals surface area contributed by atoms with E-state index in [1.54, 1.807) is 12.1 Å². The normalized spacial score (nSPS) is 10.7. The predicted molar refractivity (Wildman–Crippen MR) is 53.5 cm³/mol. The Bertz CT molecular complexity index is 332. The first kappa shape index (κ1) is 16.0. The van der Waals surface area contributed by atoms with Gasteiger partial charge in [-0.2, -0.15) is 0 Å². The Morgan fingerprint density at radius 2 is 1.93 bits per heavy atom. The molecule has 1 aromatic rings. The Balaban J connectivity index is 0.00000196. The van der Waals surface area contributed by atoms with Crippen LogP contribution in [0.3, 0.4) is 0 Å². The van der Waals surface area contributed by atoms with Crippen LogP contribution in [0.2, 0.25) is 0 Å². The number of halogens is 4. The van der Waals surface area contributed by atoms with Gasteiger partial charge in [0.2, 0.25) is 0 Å². The predicted octanol–water partition coefficient (Wildman–Crippen LogP) is 0.527. The van der Waals surface area contributed by atoms with Crippen LogP contribution in [0.4, 0.5) is 12.9 Å². The maximum absolute atomic E-state index is 11.9. The average Bonchev–Trinajstić information content (AvgIpc) is 2.00. The Labute approximate surface area is 137 Å². The fourth-order valence-corrected chi connectivity index (χ4v) is 1.51. The van der Waals surface area contributed by atoms with Gasteiger partial charge in [0.25, 0.3) is 0 Å². The van der Waals surface area contributed by atoms with Gasteiger partial charge in [0.1, 0.15) is 5.75 Å². The van der Waals surface area contributed by atoms with Crippen molar-refractivity contribution in [1.82, 2.24) is 0 Å². The van der Waals surface area contributed by atoms with Crippen molar-refractivity contribution in [3.8, 4) is 5.75 Å². The van der Waals surface area contributed by atoms with E-state index < -0.39 is 13.5 Å². The molecule has 0 amide bonds. The van der Waals surface area contributed by atoms with Gasteiger partial charge in [0, 0.05) is 0 Å². The third-order valence-corrected chi connectivity index (χ3v) is 2.13. The first-order chi connectivity index (χ1) is 6.38. The minimum atomic E-state index is -4.89. The van der Waals surface area contributed by atoms with Crippen LogP contribution in [0.1, 0.15) is 5.56 Å². The molecule has 0 fully saturated rings. The third-order valence-electron chi connectivity index (χ3n) is 1.52. The molecule has 0 aliphatic rings. The van der Waals surface area contributed by atoms with E-state index in [9.17, 15) is 12.9 Å². The van der Waals surface area contributed by atoms with Gasteiger partial charge >= 0.3 is 58.4 Å². The molecule has 1 aromatic carbocycles. The van der Waals surface area contributed by atoms with Crippen LogP contribution < -0.4 is 56.1 Å². The maximum Gasteiger partial charge on any atom is 1.00 e. The van der Waals surface area contributed by atoms with Gasteiger partial charge in [-0.25, -0.2) is 0 Å². The molecule has 0 N–H and O–H groups in total. The summed E-state index contributed by atoms with van der Waals surface area (Å²) in [5.74, 6) is 0.217. The van der Waals surface area contributed by atoms with Crippen molar-refractivity contribution in [3.63, 3.8) is 0 Å². The SMILES string of the molecule is Cc1ccc(OC[B-](F)(F)F)c(Br)c1.[K+]. The minimum absolute atomic E-state index is 0. The van der Waals surface area contributed by atoms with Gasteiger partial charge < -0.3 is 17.7 Å². The van der Waals surface area contributed by atoms with E-state index in [0.717, 1.165) is 5.56 Å². The fourth-order valence-electron chi connectivity index (χ4n) is 0.907. The van der Waals surface area contributed by atoms with Crippen molar-refractivity contribution in [1.29, 1.82) is 0 Å². The molecule has 15 heavy (non-hydrogen) atoms.